The first-order chi connectivity index (χ1) is 12.0. The summed E-state index contributed by atoms with van der Waals surface area (Å²) in [6.45, 7) is 3.59. The van der Waals surface area contributed by atoms with Gasteiger partial charge < -0.3 is 9.47 Å². The van der Waals surface area contributed by atoms with E-state index in [1.54, 1.807) is 26.2 Å². The van der Waals surface area contributed by atoms with Crippen molar-refractivity contribution in [3.63, 3.8) is 0 Å². The summed E-state index contributed by atoms with van der Waals surface area (Å²) in [5.74, 6) is 1.32. The molecule has 0 saturated carbocycles. The first kappa shape index (κ1) is 17.0. The maximum Gasteiger partial charge on any atom is 0.240 e. The summed E-state index contributed by atoms with van der Waals surface area (Å²) >= 11 is 0. The van der Waals surface area contributed by atoms with Gasteiger partial charge in [-0.2, -0.15) is 5.10 Å². The van der Waals surface area contributed by atoms with Crippen LogP contribution in [0.25, 0.3) is 0 Å². The van der Waals surface area contributed by atoms with Crippen molar-refractivity contribution in [2.45, 2.75) is 26.3 Å². The van der Waals surface area contributed by atoms with E-state index in [1.807, 2.05) is 25.1 Å². The summed E-state index contributed by atoms with van der Waals surface area (Å²) in [4.78, 5) is 12.1. The van der Waals surface area contributed by atoms with Crippen molar-refractivity contribution < 1.29 is 14.3 Å². The van der Waals surface area contributed by atoms with Crippen LogP contribution in [0.5, 0.6) is 11.5 Å². The maximum absolute atomic E-state index is 12.1. The Labute approximate surface area is 147 Å². The second kappa shape index (κ2) is 6.97. The molecule has 0 spiro atoms. The third-order valence-electron chi connectivity index (χ3n) is 4.38. The molecular weight excluding hydrogens is 316 g/mol. The maximum atomic E-state index is 12.1. The van der Waals surface area contributed by atoms with E-state index in [4.69, 9.17) is 9.47 Å². The minimum atomic E-state index is -0.0923. The normalized spacial score (nSPS) is 16.6. The molecule has 2 aromatic carbocycles. The Kier molecular flexibility index (Phi) is 4.74. The van der Waals surface area contributed by atoms with Crippen LogP contribution in [-0.4, -0.2) is 30.8 Å². The van der Waals surface area contributed by atoms with Crippen LogP contribution >= 0.6 is 0 Å². The molecule has 0 fully saturated rings. The summed E-state index contributed by atoms with van der Waals surface area (Å²) in [7, 11) is 3.23. The molecule has 0 aromatic heterocycles. The number of methoxy groups -OCH3 is 2. The smallest absolute Gasteiger partial charge is 0.240 e. The van der Waals surface area contributed by atoms with Crippen LogP contribution in [0.1, 0.15) is 36.1 Å². The van der Waals surface area contributed by atoms with Crippen LogP contribution in [0.3, 0.4) is 0 Å². The predicted octanol–water partition coefficient (Wildman–Crippen LogP) is 3.71. The topological polar surface area (TPSA) is 51.1 Å². The minimum absolute atomic E-state index is 0.0737. The molecule has 0 unspecified atom stereocenters. The van der Waals surface area contributed by atoms with Gasteiger partial charge in [0.2, 0.25) is 5.91 Å². The standard InChI is InChI=1S/C20H22N2O3/c1-13-5-7-15(8-6-13)20-12-19(21-22(20)14(2)23)16-9-17(24-3)11-18(10-16)25-4/h5-11,20H,12H2,1-4H3/t20-/m1/s1. The van der Waals surface area contributed by atoms with Gasteiger partial charge in [0.15, 0.2) is 0 Å². The van der Waals surface area contributed by atoms with Crippen LogP contribution in [-0.2, 0) is 4.79 Å². The van der Waals surface area contributed by atoms with E-state index in [0.29, 0.717) is 17.9 Å². The summed E-state index contributed by atoms with van der Waals surface area (Å²) in [5, 5.41) is 6.14. The number of rotatable bonds is 4. The lowest BCUT2D eigenvalue weighted by Gasteiger charge is -2.20. The number of carbonyl (C=O) groups excluding carboxylic acids is 1. The minimum Gasteiger partial charge on any atom is -0.497 e. The molecule has 0 aliphatic carbocycles. The molecule has 0 saturated heterocycles. The van der Waals surface area contributed by atoms with E-state index < -0.39 is 0 Å². The third kappa shape index (κ3) is 3.50. The molecule has 0 bridgehead atoms. The van der Waals surface area contributed by atoms with Crippen LogP contribution in [0, 0.1) is 6.92 Å². The Morgan fingerprint density at radius 3 is 2.20 bits per heavy atom. The van der Waals surface area contributed by atoms with E-state index in [0.717, 1.165) is 16.8 Å². The van der Waals surface area contributed by atoms with Crippen molar-refractivity contribution in [3.05, 3.63) is 59.2 Å². The van der Waals surface area contributed by atoms with Crippen molar-refractivity contribution >= 4 is 11.6 Å². The molecule has 1 aliphatic heterocycles. The number of nitrogens with zero attached hydrogens (tertiary/aromatic N) is 2. The van der Waals surface area contributed by atoms with Crippen molar-refractivity contribution in [2.24, 2.45) is 5.10 Å². The average Bonchev–Trinajstić information content (AvgIpc) is 3.07. The average molecular weight is 338 g/mol. The number of amides is 1. The van der Waals surface area contributed by atoms with E-state index in [2.05, 4.69) is 29.4 Å². The summed E-state index contributed by atoms with van der Waals surface area (Å²) in [5.41, 5.74) is 4.01. The molecule has 5 nitrogen and oxygen atoms in total. The van der Waals surface area contributed by atoms with E-state index in [1.165, 1.54) is 5.56 Å². The zero-order chi connectivity index (χ0) is 18.0. The zero-order valence-electron chi connectivity index (χ0n) is 14.9. The summed E-state index contributed by atoms with van der Waals surface area (Å²) < 4.78 is 10.7. The highest BCUT2D eigenvalue weighted by molar-refractivity contribution is 6.03. The van der Waals surface area contributed by atoms with E-state index in [-0.39, 0.29) is 11.9 Å². The SMILES string of the molecule is COc1cc(OC)cc(C2=NN(C(C)=O)[C@@H](c3ccc(C)cc3)C2)c1. The molecule has 0 N–H and O–H groups in total. The zero-order valence-corrected chi connectivity index (χ0v) is 14.9. The molecule has 3 rings (SSSR count). The van der Waals surface area contributed by atoms with Gasteiger partial charge >= 0.3 is 0 Å². The molecule has 0 radical (unpaired) electrons. The highest BCUT2D eigenvalue weighted by Gasteiger charge is 2.31. The largest absolute Gasteiger partial charge is 0.497 e. The lowest BCUT2D eigenvalue weighted by molar-refractivity contribution is -0.130. The number of hydrogen-bond acceptors (Lipinski definition) is 4. The van der Waals surface area contributed by atoms with Crippen LogP contribution in [0.4, 0.5) is 0 Å². The van der Waals surface area contributed by atoms with Crippen LogP contribution in [0.2, 0.25) is 0 Å². The van der Waals surface area contributed by atoms with Gasteiger partial charge in [0.05, 0.1) is 26.0 Å². The van der Waals surface area contributed by atoms with Gasteiger partial charge in [-0.15, -0.1) is 0 Å². The first-order valence-electron chi connectivity index (χ1n) is 8.19. The Hall–Kier alpha value is -2.82. The first-order valence-corrected chi connectivity index (χ1v) is 8.19. The molecule has 1 atom stereocenters. The van der Waals surface area contributed by atoms with Gasteiger partial charge in [0.25, 0.3) is 0 Å². The number of hydrazone groups is 1. The second-order valence-corrected chi connectivity index (χ2v) is 6.14. The van der Waals surface area contributed by atoms with Crippen molar-refractivity contribution in [3.8, 4) is 11.5 Å². The molecule has 1 aliphatic rings. The lowest BCUT2D eigenvalue weighted by Crippen LogP contribution is -2.24. The fourth-order valence-corrected chi connectivity index (χ4v) is 3.00. The predicted molar refractivity (Wildman–Crippen MR) is 97.1 cm³/mol. The molecule has 5 heteroatoms. The molecule has 1 heterocycles. The Bertz CT molecular complexity index is 790. The number of ether oxygens (including phenoxy) is 2. The highest BCUT2D eigenvalue weighted by atomic mass is 16.5. The fraction of sp³-hybridized carbons (Fsp3) is 0.300. The van der Waals surface area contributed by atoms with Gasteiger partial charge in [0.1, 0.15) is 11.5 Å². The van der Waals surface area contributed by atoms with Gasteiger partial charge in [-0.05, 0) is 24.6 Å². The molecule has 25 heavy (non-hydrogen) atoms. The molecule has 130 valence electrons. The molecule has 1 amide bonds. The third-order valence-corrected chi connectivity index (χ3v) is 4.38. The Morgan fingerprint density at radius 1 is 1.08 bits per heavy atom. The monoisotopic (exact) mass is 338 g/mol. The number of hydrogen-bond donors (Lipinski definition) is 0. The van der Waals surface area contributed by atoms with Crippen LogP contribution < -0.4 is 9.47 Å². The Morgan fingerprint density at radius 2 is 1.68 bits per heavy atom. The summed E-state index contributed by atoms with van der Waals surface area (Å²) in [6.07, 6.45) is 0.652. The van der Waals surface area contributed by atoms with Crippen LogP contribution in [0.15, 0.2) is 47.6 Å². The van der Waals surface area contributed by atoms with Gasteiger partial charge in [-0.1, -0.05) is 29.8 Å². The number of carbonyl (C=O) groups is 1. The van der Waals surface area contributed by atoms with E-state index >= 15 is 0 Å². The molecule has 2 aromatic rings. The molecular formula is C20H22N2O3. The lowest BCUT2D eigenvalue weighted by atomic mass is 9.97. The van der Waals surface area contributed by atoms with Gasteiger partial charge in [0, 0.05) is 25.0 Å². The summed E-state index contributed by atoms with van der Waals surface area (Å²) in [6, 6.07) is 13.8. The van der Waals surface area contributed by atoms with Crippen molar-refractivity contribution in [1.82, 2.24) is 5.01 Å². The number of aryl methyl sites for hydroxylation is 1. The Balaban J connectivity index is 1.97. The van der Waals surface area contributed by atoms with Crippen molar-refractivity contribution in [1.29, 1.82) is 0 Å². The van der Waals surface area contributed by atoms with Gasteiger partial charge in [-0.3, -0.25) is 4.79 Å². The number of benzene rings is 2. The quantitative estimate of drug-likeness (QED) is 0.854. The highest BCUT2D eigenvalue weighted by Crippen LogP contribution is 2.34. The van der Waals surface area contributed by atoms with Gasteiger partial charge in [-0.25, -0.2) is 5.01 Å². The fourth-order valence-electron chi connectivity index (χ4n) is 3.00. The second-order valence-electron chi connectivity index (χ2n) is 6.14. The van der Waals surface area contributed by atoms with Crippen molar-refractivity contribution in [2.75, 3.05) is 14.2 Å². The van der Waals surface area contributed by atoms with E-state index in [9.17, 15) is 4.79 Å².